The van der Waals surface area contributed by atoms with Crippen molar-refractivity contribution in [2.24, 2.45) is 0 Å². The smallest absolute Gasteiger partial charge is 0.303 e. The highest BCUT2D eigenvalue weighted by molar-refractivity contribution is 6.77. The second-order valence-corrected chi connectivity index (χ2v) is 21.5. The van der Waals surface area contributed by atoms with E-state index in [1.807, 2.05) is 0 Å². The summed E-state index contributed by atoms with van der Waals surface area (Å²) in [5.74, 6) is -2.20. The largest absolute Gasteiger partial charge is 0.481 e. The van der Waals surface area contributed by atoms with Gasteiger partial charge in [0.1, 0.15) is 18.3 Å². The minimum Gasteiger partial charge on any atom is -0.481 e. The van der Waals surface area contributed by atoms with E-state index in [1.165, 1.54) is 0 Å². The van der Waals surface area contributed by atoms with Crippen LogP contribution in [-0.4, -0.2) is 92.6 Å². The summed E-state index contributed by atoms with van der Waals surface area (Å²) in [5, 5.41) is 26.6. The fourth-order valence-corrected chi connectivity index (χ4v) is 13.4. The van der Waals surface area contributed by atoms with E-state index in [0.717, 1.165) is 116 Å². The van der Waals surface area contributed by atoms with Gasteiger partial charge in [0.15, 0.2) is 14.6 Å². The first-order valence-electron chi connectivity index (χ1n) is 21.1. The van der Waals surface area contributed by atoms with Crippen LogP contribution in [0.3, 0.4) is 0 Å². The van der Waals surface area contributed by atoms with Crippen LogP contribution in [0.1, 0.15) is 176 Å². The molecule has 1 aliphatic rings. The Balaban J connectivity index is 2.94. The first kappa shape index (κ1) is 49.4. The molecule has 11 nitrogen and oxygen atoms in total. The number of ether oxygens (including phenoxy) is 4. The van der Waals surface area contributed by atoms with Gasteiger partial charge < -0.3 is 38.7 Å². The van der Waals surface area contributed by atoms with E-state index in [-0.39, 0.29) is 37.6 Å². The van der Waals surface area contributed by atoms with Crippen LogP contribution < -0.4 is 0 Å². The van der Waals surface area contributed by atoms with Gasteiger partial charge >= 0.3 is 17.9 Å². The molecule has 1 rings (SSSR count). The van der Waals surface area contributed by atoms with Crippen LogP contribution in [0.4, 0.5) is 0 Å². The number of carbonyl (C=O) groups is 3. The maximum atomic E-state index is 10.8. The number of rotatable bonds is 36. The average molecular weight is 775 g/mol. The molecule has 0 amide bonds. The van der Waals surface area contributed by atoms with Crippen LogP contribution >= 0.6 is 0 Å². The third-order valence-corrected chi connectivity index (χ3v) is 16.8. The fraction of sp³-hybridized carbons (Fsp3) is 0.927. The van der Waals surface area contributed by atoms with Crippen LogP contribution in [0, 0.1) is 0 Å². The van der Waals surface area contributed by atoms with Gasteiger partial charge in [0.05, 0.1) is 6.61 Å². The molecule has 3 N–H and O–H groups in total. The van der Waals surface area contributed by atoms with Gasteiger partial charge in [-0.25, -0.2) is 0 Å². The quantitative estimate of drug-likeness (QED) is 0.0411. The summed E-state index contributed by atoms with van der Waals surface area (Å²) in [5.41, 5.74) is 1.31. The number of hydrogen-bond acceptors (Lipinski definition) is 8. The Kier molecular flexibility index (Phi) is 27.7. The molecule has 312 valence electrons. The fourth-order valence-electron chi connectivity index (χ4n) is 7.96. The Bertz CT molecular complexity index is 938. The molecule has 1 fully saturated rings. The Morgan fingerprint density at radius 3 is 1.17 bits per heavy atom. The molecule has 0 aliphatic carbocycles. The number of carboxylic acids is 3. The molecule has 0 aromatic carbocycles. The van der Waals surface area contributed by atoms with Crippen molar-refractivity contribution in [1.29, 1.82) is 0 Å². The van der Waals surface area contributed by atoms with Crippen LogP contribution in [0.2, 0.25) is 16.6 Å². The van der Waals surface area contributed by atoms with Gasteiger partial charge in [-0.2, -0.15) is 0 Å². The van der Waals surface area contributed by atoms with E-state index in [9.17, 15) is 14.4 Å². The van der Waals surface area contributed by atoms with Crippen LogP contribution in [0.25, 0.3) is 0 Å². The lowest BCUT2D eigenvalue weighted by atomic mass is 10.1. The lowest BCUT2D eigenvalue weighted by Gasteiger charge is -2.43. The summed E-state index contributed by atoms with van der Waals surface area (Å²) < 4.78 is 33.3. The van der Waals surface area contributed by atoms with E-state index in [1.54, 1.807) is 0 Å². The zero-order valence-electron chi connectivity index (χ0n) is 34.3. The van der Waals surface area contributed by atoms with Gasteiger partial charge in [-0.3, -0.25) is 14.4 Å². The van der Waals surface area contributed by atoms with E-state index < -0.39 is 32.5 Å². The van der Waals surface area contributed by atoms with Crippen molar-refractivity contribution in [1.82, 2.24) is 0 Å². The van der Waals surface area contributed by atoms with Gasteiger partial charge in [0.25, 0.3) is 0 Å². The van der Waals surface area contributed by atoms with E-state index in [0.29, 0.717) is 43.1 Å². The molecule has 1 heterocycles. The lowest BCUT2D eigenvalue weighted by molar-refractivity contribution is -0.181. The zero-order valence-corrected chi connectivity index (χ0v) is 35.3. The van der Waals surface area contributed by atoms with Crippen molar-refractivity contribution >= 4 is 26.2 Å². The maximum absolute atomic E-state index is 10.8. The number of unbranched alkanes of at least 4 members (excludes halogenated alkanes) is 15. The molecule has 0 spiro atoms. The second kappa shape index (κ2) is 29.7. The number of carboxylic acid groups (broad SMARTS) is 3. The molecule has 0 unspecified atom stereocenters. The molecule has 1 saturated heterocycles. The van der Waals surface area contributed by atoms with E-state index >= 15 is 0 Å². The summed E-state index contributed by atoms with van der Waals surface area (Å²) in [7, 11) is -2.17. The molecule has 0 aromatic rings. The predicted octanol–water partition coefficient (Wildman–Crippen LogP) is 10.1. The molecular weight excluding hydrogens is 697 g/mol. The standard InChI is InChI=1S/C41H78O11Si/c1-32(2)53(33(3)4,34(5)6)51-31-35-39(48-28-22-16-10-7-13-19-25-36(42)43)40(49-29-23-17-11-8-14-20-26-37(44)45)41(52-35)50-30-24-18-12-9-15-21-27-38(46)47/h32-35,39-41H,7-31H2,1-6H3,(H,42,43)(H,44,45)(H,46,47)/t35-,39-,40-,41-/m1/s1. The highest BCUT2D eigenvalue weighted by Crippen LogP contribution is 2.43. The molecular formula is C41H78O11Si. The Morgan fingerprint density at radius 2 is 0.811 bits per heavy atom. The normalized spacial score (nSPS) is 19.2. The Hall–Kier alpha value is -1.57. The maximum Gasteiger partial charge on any atom is 0.303 e. The second-order valence-electron chi connectivity index (χ2n) is 16.0. The molecule has 53 heavy (non-hydrogen) atoms. The van der Waals surface area contributed by atoms with Crippen LogP contribution in [-0.2, 0) is 37.8 Å². The van der Waals surface area contributed by atoms with Crippen molar-refractivity contribution < 1.29 is 53.1 Å². The molecule has 4 atom stereocenters. The molecule has 0 aromatic heterocycles. The van der Waals surface area contributed by atoms with Crippen molar-refractivity contribution in [3.63, 3.8) is 0 Å². The summed E-state index contributed by atoms with van der Waals surface area (Å²) >= 11 is 0. The Morgan fingerprint density at radius 1 is 0.491 bits per heavy atom. The van der Waals surface area contributed by atoms with Gasteiger partial charge in [-0.1, -0.05) is 119 Å². The number of aliphatic carboxylic acids is 3. The number of hydrogen-bond donors (Lipinski definition) is 3. The van der Waals surface area contributed by atoms with Crippen molar-refractivity contribution in [2.75, 3.05) is 26.4 Å². The summed E-state index contributed by atoms with van der Waals surface area (Å²) in [6.45, 7) is 15.8. The van der Waals surface area contributed by atoms with Crippen LogP contribution in [0.5, 0.6) is 0 Å². The monoisotopic (exact) mass is 775 g/mol. The molecule has 0 bridgehead atoms. The highest BCUT2D eigenvalue weighted by Gasteiger charge is 2.50. The topological polar surface area (TPSA) is 158 Å². The highest BCUT2D eigenvalue weighted by atomic mass is 28.4. The SMILES string of the molecule is CC(C)[Si](OC[C@H]1O[C@@H](OCCCCCCCCC(=O)O)[C@H](OCCCCCCCCC(=O)O)[C@@H]1OCCCCCCCCC(=O)O)(C(C)C)C(C)C. The first-order chi connectivity index (χ1) is 25.3. The minimum atomic E-state index is -2.17. The predicted molar refractivity (Wildman–Crippen MR) is 211 cm³/mol. The average Bonchev–Trinajstić information content (AvgIpc) is 3.40. The lowest BCUT2D eigenvalue weighted by Crippen LogP contribution is -2.50. The van der Waals surface area contributed by atoms with Crippen molar-refractivity contribution in [3.05, 3.63) is 0 Å². The first-order valence-corrected chi connectivity index (χ1v) is 23.3. The van der Waals surface area contributed by atoms with Gasteiger partial charge in [0, 0.05) is 39.1 Å². The summed E-state index contributed by atoms with van der Waals surface area (Å²) in [4.78, 5) is 32.4. The zero-order chi connectivity index (χ0) is 39.5. The molecule has 0 radical (unpaired) electrons. The molecule has 1 aliphatic heterocycles. The van der Waals surface area contributed by atoms with Gasteiger partial charge in [-0.15, -0.1) is 0 Å². The van der Waals surface area contributed by atoms with Crippen molar-refractivity contribution in [3.8, 4) is 0 Å². The molecule has 12 heteroatoms. The summed E-state index contributed by atoms with van der Waals surface area (Å²) in [6.07, 6.45) is 15.9. The molecule has 0 saturated carbocycles. The van der Waals surface area contributed by atoms with Crippen LogP contribution in [0.15, 0.2) is 0 Å². The minimum absolute atomic E-state index is 0.229. The van der Waals surface area contributed by atoms with Gasteiger partial charge in [-0.05, 0) is 55.1 Å². The van der Waals surface area contributed by atoms with E-state index in [4.69, 9.17) is 38.7 Å². The Labute approximate surface area is 322 Å². The third-order valence-electron chi connectivity index (χ3n) is 10.7. The third kappa shape index (κ3) is 21.3. The van der Waals surface area contributed by atoms with E-state index in [2.05, 4.69) is 41.5 Å². The summed E-state index contributed by atoms with van der Waals surface area (Å²) in [6, 6.07) is 0. The van der Waals surface area contributed by atoms with Crippen molar-refractivity contribution in [2.45, 2.75) is 218 Å². The van der Waals surface area contributed by atoms with Gasteiger partial charge in [0.2, 0.25) is 0 Å².